The van der Waals surface area contributed by atoms with Gasteiger partial charge in [0.25, 0.3) is 0 Å². The summed E-state index contributed by atoms with van der Waals surface area (Å²) < 4.78 is 1.12. The predicted octanol–water partition coefficient (Wildman–Crippen LogP) is 3.76. The molecular formula is C12H16BrN. The van der Waals surface area contributed by atoms with Crippen LogP contribution in [0.4, 0.5) is 0 Å². The van der Waals surface area contributed by atoms with E-state index in [0.717, 1.165) is 17.6 Å². The molecule has 0 heterocycles. The van der Waals surface area contributed by atoms with Crippen molar-refractivity contribution in [2.24, 2.45) is 0 Å². The highest BCUT2D eigenvalue weighted by Crippen LogP contribution is 2.12. The molecule has 0 aliphatic rings. The van der Waals surface area contributed by atoms with Gasteiger partial charge in [-0.05, 0) is 43.8 Å². The molecule has 1 aromatic carbocycles. The first-order valence-electron chi connectivity index (χ1n) is 4.94. The van der Waals surface area contributed by atoms with Gasteiger partial charge < -0.3 is 4.90 Å². The van der Waals surface area contributed by atoms with Gasteiger partial charge in [0.1, 0.15) is 0 Å². The third kappa shape index (κ3) is 3.54. The third-order valence-corrected chi connectivity index (χ3v) is 2.63. The van der Waals surface area contributed by atoms with Crippen molar-refractivity contribution in [3.63, 3.8) is 0 Å². The molecule has 0 aliphatic carbocycles. The lowest BCUT2D eigenvalue weighted by molar-refractivity contribution is 0.421. The van der Waals surface area contributed by atoms with E-state index < -0.39 is 0 Å². The maximum atomic E-state index is 3.46. The summed E-state index contributed by atoms with van der Waals surface area (Å²) in [4.78, 5) is 2.26. The highest BCUT2D eigenvalue weighted by atomic mass is 79.9. The van der Waals surface area contributed by atoms with Gasteiger partial charge in [-0.1, -0.05) is 28.1 Å². The number of nitrogens with zero attached hydrogens (tertiary/aromatic N) is 1. The summed E-state index contributed by atoms with van der Waals surface area (Å²) >= 11 is 3.46. The monoisotopic (exact) mass is 253 g/mol. The number of hydrogen-bond acceptors (Lipinski definition) is 1. The molecule has 0 spiro atoms. The lowest BCUT2D eigenvalue weighted by Crippen LogP contribution is -2.14. The van der Waals surface area contributed by atoms with Gasteiger partial charge in [-0.25, -0.2) is 0 Å². The quantitative estimate of drug-likeness (QED) is 0.790. The van der Waals surface area contributed by atoms with Gasteiger partial charge in [0.05, 0.1) is 0 Å². The number of halogens is 1. The molecule has 0 unspecified atom stereocenters. The smallest absolute Gasteiger partial charge is 0.0181 e. The molecule has 1 aromatic rings. The van der Waals surface area contributed by atoms with Crippen LogP contribution in [0.5, 0.6) is 0 Å². The molecule has 0 aliphatic heterocycles. The minimum atomic E-state index is 1.06. The first-order chi connectivity index (χ1) is 6.76. The fraction of sp³-hybridized carbons (Fsp3) is 0.333. The van der Waals surface area contributed by atoms with Crippen molar-refractivity contribution in [3.8, 4) is 0 Å². The van der Waals surface area contributed by atoms with Crippen molar-refractivity contribution in [1.82, 2.24) is 4.90 Å². The zero-order valence-electron chi connectivity index (χ0n) is 8.70. The van der Waals surface area contributed by atoms with Gasteiger partial charge in [-0.3, -0.25) is 0 Å². The summed E-state index contributed by atoms with van der Waals surface area (Å²) in [5.41, 5.74) is 1.23. The average Bonchev–Trinajstić information content (AvgIpc) is 2.19. The standard InChI is InChI=1S/C12H16BrN/c1-3-14(4-2)9-8-11-6-5-7-12(13)10-11/h5-10H,3-4H2,1-2H3/b9-8+. The third-order valence-electron chi connectivity index (χ3n) is 2.14. The molecule has 0 N–H and O–H groups in total. The lowest BCUT2D eigenvalue weighted by Gasteiger charge is -2.14. The Kier molecular flexibility index (Phi) is 4.74. The Balaban J connectivity index is 2.67. The largest absolute Gasteiger partial charge is 0.378 e. The maximum Gasteiger partial charge on any atom is 0.0181 e. The van der Waals surface area contributed by atoms with Crippen LogP contribution in [-0.2, 0) is 0 Å². The second-order valence-electron chi connectivity index (χ2n) is 3.09. The summed E-state index contributed by atoms with van der Waals surface area (Å²) in [6.07, 6.45) is 4.28. The molecule has 1 nitrogen and oxygen atoms in total. The second-order valence-corrected chi connectivity index (χ2v) is 4.01. The van der Waals surface area contributed by atoms with Gasteiger partial charge >= 0.3 is 0 Å². The molecular weight excluding hydrogens is 238 g/mol. The Hall–Kier alpha value is -0.760. The van der Waals surface area contributed by atoms with Crippen molar-refractivity contribution in [2.45, 2.75) is 13.8 Å². The van der Waals surface area contributed by atoms with Gasteiger partial charge in [-0.15, -0.1) is 0 Å². The van der Waals surface area contributed by atoms with Crippen molar-refractivity contribution in [1.29, 1.82) is 0 Å². The van der Waals surface area contributed by atoms with E-state index in [1.54, 1.807) is 0 Å². The van der Waals surface area contributed by atoms with E-state index in [-0.39, 0.29) is 0 Å². The normalized spacial score (nSPS) is 10.8. The van der Waals surface area contributed by atoms with E-state index in [1.165, 1.54) is 5.56 Å². The Morgan fingerprint density at radius 3 is 2.57 bits per heavy atom. The van der Waals surface area contributed by atoms with E-state index in [0.29, 0.717) is 0 Å². The van der Waals surface area contributed by atoms with Crippen molar-refractivity contribution in [2.75, 3.05) is 13.1 Å². The zero-order valence-corrected chi connectivity index (χ0v) is 10.3. The molecule has 0 bridgehead atoms. The minimum Gasteiger partial charge on any atom is -0.378 e. The topological polar surface area (TPSA) is 3.24 Å². The van der Waals surface area contributed by atoms with Crippen molar-refractivity contribution in [3.05, 3.63) is 40.5 Å². The molecule has 0 atom stereocenters. The summed E-state index contributed by atoms with van der Waals surface area (Å²) in [5.74, 6) is 0. The number of hydrogen-bond donors (Lipinski definition) is 0. The molecule has 0 radical (unpaired) electrons. The van der Waals surface area contributed by atoms with Crippen LogP contribution in [0.15, 0.2) is 34.9 Å². The van der Waals surface area contributed by atoms with E-state index in [4.69, 9.17) is 0 Å². The molecule has 0 aromatic heterocycles. The first kappa shape index (κ1) is 11.3. The summed E-state index contributed by atoms with van der Waals surface area (Å²) in [5, 5.41) is 0. The molecule has 0 amide bonds. The Bertz CT molecular complexity index is 303. The van der Waals surface area contributed by atoms with Crippen molar-refractivity contribution >= 4 is 22.0 Å². The SMILES string of the molecule is CCN(/C=C/c1cccc(Br)c1)CC. The van der Waals surface area contributed by atoms with Crippen LogP contribution in [0, 0.1) is 0 Å². The molecule has 0 saturated heterocycles. The van der Waals surface area contributed by atoms with Crippen LogP contribution < -0.4 is 0 Å². The fourth-order valence-electron chi connectivity index (χ4n) is 1.24. The highest BCUT2D eigenvalue weighted by molar-refractivity contribution is 9.10. The Morgan fingerprint density at radius 2 is 2.00 bits per heavy atom. The fourth-order valence-corrected chi connectivity index (χ4v) is 1.65. The molecule has 76 valence electrons. The highest BCUT2D eigenvalue weighted by Gasteiger charge is 1.91. The van der Waals surface area contributed by atoms with Crippen LogP contribution in [0.1, 0.15) is 19.4 Å². The lowest BCUT2D eigenvalue weighted by atomic mass is 10.2. The first-order valence-corrected chi connectivity index (χ1v) is 5.73. The van der Waals surface area contributed by atoms with E-state index in [2.05, 4.69) is 59.1 Å². The average molecular weight is 254 g/mol. The van der Waals surface area contributed by atoms with Crippen LogP contribution in [0.3, 0.4) is 0 Å². The summed E-state index contributed by atoms with van der Waals surface area (Å²) in [6.45, 7) is 6.44. The molecule has 1 rings (SSSR count). The van der Waals surface area contributed by atoms with Gasteiger partial charge in [0, 0.05) is 17.6 Å². The summed E-state index contributed by atoms with van der Waals surface area (Å²) in [6, 6.07) is 8.30. The van der Waals surface area contributed by atoms with Crippen LogP contribution >= 0.6 is 15.9 Å². The predicted molar refractivity (Wildman–Crippen MR) is 66.1 cm³/mol. The van der Waals surface area contributed by atoms with Gasteiger partial charge in [-0.2, -0.15) is 0 Å². The molecule has 2 heteroatoms. The Morgan fingerprint density at radius 1 is 1.29 bits per heavy atom. The molecule has 14 heavy (non-hydrogen) atoms. The van der Waals surface area contributed by atoms with Gasteiger partial charge in [0.2, 0.25) is 0 Å². The number of benzene rings is 1. The maximum absolute atomic E-state index is 3.46. The van der Waals surface area contributed by atoms with E-state index in [1.807, 2.05) is 12.1 Å². The Labute approximate surface area is 94.6 Å². The van der Waals surface area contributed by atoms with Gasteiger partial charge in [0.15, 0.2) is 0 Å². The van der Waals surface area contributed by atoms with Crippen LogP contribution in [0.2, 0.25) is 0 Å². The van der Waals surface area contributed by atoms with Crippen LogP contribution in [-0.4, -0.2) is 18.0 Å². The zero-order chi connectivity index (χ0) is 10.4. The second kappa shape index (κ2) is 5.86. The summed E-state index contributed by atoms with van der Waals surface area (Å²) in [7, 11) is 0. The molecule has 0 fully saturated rings. The molecule has 0 saturated carbocycles. The van der Waals surface area contributed by atoms with Crippen molar-refractivity contribution < 1.29 is 0 Å². The minimum absolute atomic E-state index is 1.06. The van der Waals surface area contributed by atoms with E-state index in [9.17, 15) is 0 Å². The van der Waals surface area contributed by atoms with Crippen LogP contribution in [0.25, 0.3) is 6.08 Å². The number of rotatable bonds is 4. The van der Waals surface area contributed by atoms with E-state index >= 15 is 0 Å².